The predicted octanol–water partition coefficient (Wildman–Crippen LogP) is 2.74. The molecule has 0 bridgehead atoms. The van der Waals surface area contributed by atoms with E-state index in [0.29, 0.717) is 12.1 Å². The number of aliphatic hydroxyl groups is 1. The molecule has 7 heteroatoms. The molecule has 26 heavy (non-hydrogen) atoms. The van der Waals surface area contributed by atoms with Crippen LogP contribution in [0.15, 0.2) is 42.5 Å². The van der Waals surface area contributed by atoms with Gasteiger partial charge in [0.2, 0.25) is 0 Å². The number of aromatic hydroxyl groups is 1. The Kier molecular flexibility index (Phi) is 6.82. The van der Waals surface area contributed by atoms with Gasteiger partial charge in [0.15, 0.2) is 0 Å². The van der Waals surface area contributed by atoms with Crippen LogP contribution in [-0.4, -0.2) is 41.1 Å². The smallest absolute Gasteiger partial charge is 0.409 e. The molecule has 0 radical (unpaired) electrons. The summed E-state index contributed by atoms with van der Waals surface area (Å²) in [7, 11) is 1.63. The van der Waals surface area contributed by atoms with E-state index in [1.165, 1.54) is 12.1 Å². The van der Waals surface area contributed by atoms with Crippen LogP contribution in [0, 0.1) is 0 Å². The van der Waals surface area contributed by atoms with Crippen molar-refractivity contribution in [2.45, 2.75) is 25.5 Å². The lowest BCUT2D eigenvalue weighted by Gasteiger charge is -2.18. The highest BCUT2D eigenvalue weighted by Gasteiger charge is 2.13. The standard InChI is InChI=1S/C19H24N2O5/c1-12(9-13-3-6-15(26-2)7-4-13)20-11-18(23)14-5-8-17(22)16(10-14)21-19(24)25/h3-8,10,12,18,20-23H,9,11H2,1-2H3,(H,24,25)/t12-,18+/m1/s1. The molecular weight excluding hydrogens is 336 g/mol. The molecule has 5 N–H and O–H groups in total. The lowest BCUT2D eigenvalue weighted by atomic mass is 10.1. The van der Waals surface area contributed by atoms with Crippen molar-refractivity contribution in [1.29, 1.82) is 0 Å². The Hall–Kier alpha value is -2.77. The minimum Gasteiger partial charge on any atom is -0.506 e. The van der Waals surface area contributed by atoms with Gasteiger partial charge in [-0.05, 0) is 48.7 Å². The maximum atomic E-state index is 10.7. The summed E-state index contributed by atoms with van der Waals surface area (Å²) in [6.45, 7) is 2.32. The number of phenols is 1. The SMILES string of the molecule is COc1ccc(C[C@@H](C)NC[C@H](O)c2ccc(O)c(NC(=O)O)c2)cc1. The highest BCUT2D eigenvalue weighted by atomic mass is 16.5. The molecule has 0 aromatic heterocycles. The van der Waals surface area contributed by atoms with E-state index < -0.39 is 12.2 Å². The summed E-state index contributed by atoms with van der Waals surface area (Å²) in [6.07, 6.45) is -1.32. The first-order valence-corrected chi connectivity index (χ1v) is 8.26. The van der Waals surface area contributed by atoms with E-state index in [1.807, 2.05) is 31.2 Å². The van der Waals surface area contributed by atoms with Crippen LogP contribution in [-0.2, 0) is 6.42 Å². The van der Waals surface area contributed by atoms with E-state index in [0.717, 1.165) is 17.7 Å². The number of nitrogens with one attached hydrogen (secondary N) is 2. The first-order chi connectivity index (χ1) is 12.4. The quantitative estimate of drug-likeness (QED) is 0.463. The van der Waals surface area contributed by atoms with E-state index in [9.17, 15) is 15.0 Å². The topological polar surface area (TPSA) is 111 Å². The van der Waals surface area contributed by atoms with E-state index in [4.69, 9.17) is 9.84 Å². The van der Waals surface area contributed by atoms with Crippen LogP contribution >= 0.6 is 0 Å². The van der Waals surface area contributed by atoms with Crippen molar-refractivity contribution in [1.82, 2.24) is 5.32 Å². The van der Waals surface area contributed by atoms with Crippen LogP contribution in [0.5, 0.6) is 11.5 Å². The number of benzene rings is 2. The van der Waals surface area contributed by atoms with Gasteiger partial charge in [0, 0.05) is 12.6 Å². The number of hydrogen-bond donors (Lipinski definition) is 5. The Morgan fingerprint density at radius 1 is 1.19 bits per heavy atom. The first kappa shape index (κ1) is 19.6. The number of ether oxygens (including phenoxy) is 1. The summed E-state index contributed by atoms with van der Waals surface area (Å²) in [5.74, 6) is 0.618. The highest BCUT2D eigenvalue weighted by Crippen LogP contribution is 2.27. The van der Waals surface area contributed by atoms with E-state index in [2.05, 4.69) is 10.6 Å². The summed E-state index contributed by atoms with van der Waals surface area (Å²) in [5, 5.41) is 34.1. The molecule has 2 rings (SSSR count). The Bertz CT molecular complexity index is 733. The number of rotatable bonds is 8. The lowest BCUT2D eigenvalue weighted by molar-refractivity contribution is 0.170. The summed E-state index contributed by atoms with van der Waals surface area (Å²) >= 11 is 0. The number of methoxy groups -OCH3 is 1. The van der Waals surface area contributed by atoms with Crippen molar-refractivity contribution in [3.8, 4) is 11.5 Å². The van der Waals surface area contributed by atoms with Crippen molar-refractivity contribution in [3.63, 3.8) is 0 Å². The zero-order valence-electron chi connectivity index (χ0n) is 14.8. The van der Waals surface area contributed by atoms with Gasteiger partial charge >= 0.3 is 6.09 Å². The molecule has 2 aromatic carbocycles. The second-order valence-corrected chi connectivity index (χ2v) is 6.08. The zero-order chi connectivity index (χ0) is 19.1. The average molecular weight is 360 g/mol. The van der Waals surface area contributed by atoms with E-state index in [-0.39, 0.29) is 17.5 Å². The molecule has 0 fully saturated rings. The third kappa shape index (κ3) is 5.65. The predicted molar refractivity (Wildman–Crippen MR) is 98.9 cm³/mol. The molecule has 0 aliphatic carbocycles. The van der Waals surface area contributed by atoms with Gasteiger partial charge in [-0.3, -0.25) is 5.32 Å². The number of phenolic OH excluding ortho intramolecular Hbond substituents is 1. The average Bonchev–Trinajstić information content (AvgIpc) is 2.62. The Balaban J connectivity index is 1.90. The summed E-state index contributed by atoms with van der Waals surface area (Å²) in [4.78, 5) is 10.7. The van der Waals surface area contributed by atoms with Crippen molar-refractivity contribution in [2.75, 3.05) is 19.0 Å². The maximum absolute atomic E-state index is 10.7. The fourth-order valence-electron chi connectivity index (χ4n) is 2.59. The molecule has 0 saturated carbocycles. The molecule has 0 heterocycles. The summed E-state index contributed by atoms with van der Waals surface area (Å²) in [5.41, 5.74) is 1.70. The zero-order valence-corrected chi connectivity index (χ0v) is 14.8. The molecule has 0 aliphatic rings. The monoisotopic (exact) mass is 360 g/mol. The van der Waals surface area contributed by atoms with Crippen LogP contribution < -0.4 is 15.4 Å². The molecule has 2 atom stereocenters. The van der Waals surface area contributed by atoms with Gasteiger partial charge in [-0.2, -0.15) is 0 Å². The molecule has 0 saturated heterocycles. The Morgan fingerprint density at radius 3 is 2.50 bits per heavy atom. The van der Waals surface area contributed by atoms with Crippen molar-refractivity contribution in [2.24, 2.45) is 0 Å². The molecule has 7 nitrogen and oxygen atoms in total. The molecule has 2 aromatic rings. The van der Waals surface area contributed by atoms with Gasteiger partial charge in [0.1, 0.15) is 11.5 Å². The van der Waals surface area contributed by atoms with Gasteiger partial charge in [-0.25, -0.2) is 4.79 Å². The Labute approximate surface area is 152 Å². The minimum atomic E-state index is -1.28. The third-order valence-electron chi connectivity index (χ3n) is 4.01. The van der Waals surface area contributed by atoms with Gasteiger partial charge in [0.05, 0.1) is 18.9 Å². The third-order valence-corrected chi connectivity index (χ3v) is 4.01. The normalized spacial score (nSPS) is 13.0. The summed E-state index contributed by atoms with van der Waals surface area (Å²) < 4.78 is 5.14. The second kappa shape index (κ2) is 9.07. The van der Waals surface area contributed by atoms with Crippen molar-refractivity contribution < 1.29 is 24.9 Å². The van der Waals surface area contributed by atoms with Gasteiger partial charge < -0.3 is 25.4 Å². The summed E-state index contributed by atoms with van der Waals surface area (Å²) in [6, 6.07) is 12.3. The molecule has 0 unspecified atom stereocenters. The first-order valence-electron chi connectivity index (χ1n) is 8.26. The molecular formula is C19H24N2O5. The van der Waals surface area contributed by atoms with Crippen molar-refractivity contribution >= 4 is 11.8 Å². The van der Waals surface area contributed by atoms with Crippen LogP contribution in [0.25, 0.3) is 0 Å². The van der Waals surface area contributed by atoms with Crippen LogP contribution in [0.4, 0.5) is 10.5 Å². The van der Waals surface area contributed by atoms with Crippen LogP contribution in [0.1, 0.15) is 24.2 Å². The van der Waals surface area contributed by atoms with Crippen molar-refractivity contribution in [3.05, 3.63) is 53.6 Å². The van der Waals surface area contributed by atoms with E-state index in [1.54, 1.807) is 13.2 Å². The highest BCUT2D eigenvalue weighted by molar-refractivity contribution is 5.85. The van der Waals surface area contributed by atoms with Crippen LogP contribution in [0.3, 0.4) is 0 Å². The fraction of sp³-hybridized carbons (Fsp3) is 0.316. The number of aliphatic hydroxyl groups excluding tert-OH is 1. The second-order valence-electron chi connectivity index (χ2n) is 6.08. The maximum Gasteiger partial charge on any atom is 0.409 e. The number of amides is 1. The van der Waals surface area contributed by atoms with E-state index >= 15 is 0 Å². The van der Waals surface area contributed by atoms with Gasteiger partial charge in [0.25, 0.3) is 0 Å². The van der Waals surface area contributed by atoms with Crippen LogP contribution in [0.2, 0.25) is 0 Å². The molecule has 1 amide bonds. The lowest BCUT2D eigenvalue weighted by Crippen LogP contribution is -2.32. The minimum absolute atomic E-state index is 0.0420. The fourth-order valence-corrected chi connectivity index (χ4v) is 2.59. The number of carbonyl (C=O) groups is 1. The molecule has 140 valence electrons. The molecule has 0 spiro atoms. The van der Waals surface area contributed by atoms with Gasteiger partial charge in [-0.15, -0.1) is 0 Å². The number of anilines is 1. The largest absolute Gasteiger partial charge is 0.506 e. The van der Waals surface area contributed by atoms with Gasteiger partial charge in [-0.1, -0.05) is 18.2 Å². The Morgan fingerprint density at radius 2 is 1.88 bits per heavy atom. The number of carboxylic acid groups (broad SMARTS) is 1. The molecule has 0 aliphatic heterocycles. The number of hydrogen-bond acceptors (Lipinski definition) is 5.